The van der Waals surface area contributed by atoms with Gasteiger partial charge in [0.05, 0.1) is 17.8 Å². The Morgan fingerprint density at radius 1 is 1.41 bits per heavy atom. The summed E-state index contributed by atoms with van der Waals surface area (Å²) in [5.74, 6) is -0.0484. The predicted molar refractivity (Wildman–Crippen MR) is 130 cm³/mol. The molecule has 1 aromatic carbocycles. The van der Waals surface area contributed by atoms with Crippen LogP contribution in [0, 0.1) is 5.82 Å². The fraction of sp³-hybridized carbons (Fsp3) is 0.333. The molecule has 3 aromatic rings. The molecule has 1 aliphatic rings. The zero-order valence-electron chi connectivity index (χ0n) is 19.2. The standard InChI is InChI=1S/C24H28FN7O2/c1-3-4-20-14-34-24-22(17(10-26)11-27-2)13-32-23(30-24)21(12-29-32)16-7-18(25)9-19(8-16)28-5-6-31(20)15-33/h7-13,15,20,28H,3-6,14,26H2,1-2H3. The van der Waals surface area contributed by atoms with Crippen molar-refractivity contribution in [2.45, 2.75) is 25.8 Å². The van der Waals surface area contributed by atoms with Gasteiger partial charge in [0.1, 0.15) is 12.4 Å². The molecule has 1 atom stereocenters. The second-order valence-electron chi connectivity index (χ2n) is 8.05. The number of carbonyl (C=O) groups is 1. The highest BCUT2D eigenvalue weighted by Gasteiger charge is 2.21. The third-order valence-electron chi connectivity index (χ3n) is 5.76. The number of anilines is 1. The molecule has 0 fully saturated rings. The van der Waals surface area contributed by atoms with Crippen LogP contribution < -0.4 is 15.8 Å². The summed E-state index contributed by atoms with van der Waals surface area (Å²) in [6.07, 6.45) is 8.92. The van der Waals surface area contributed by atoms with Crippen LogP contribution in [0.5, 0.6) is 5.88 Å². The van der Waals surface area contributed by atoms with Crippen LogP contribution in [0.3, 0.4) is 0 Å². The van der Waals surface area contributed by atoms with Crippen molar-refractivity contribution in [2.75, 3.05) is 32.1 Å². The number of ether oxygens (including phenoxy) is 1. The van der Waals surface area contributed by atoms with Gasteiger partial charge < -0.3 is 20.7 Å². The number of allylic oxidation sites excluding steroid dienone is 1. The molecule has 3 N–H and O–H groups in total. The zero-order chi connectivity index (χ0) is 24.1. The van der Waals surface area contributed by atoms with Gasteiger partial charge in [-0.2, -0.15) is 10.1 Å². The number of aliphatic imine (C=N–C) groups is 1. The molecule has 0 saturated heterocycles. The molecule has 0 saturated carbocycles. The van der Waals surface area contributed by atoms with E-state index in [9.17, 15) is 9.18 Å². The Bertz CT molecular complexity index is 1240. The van der Waals surface area contributed by atoms with Gasteiger partial charge in [0, 0.05) is 55.6 Å². The second-order valence-corrected chi connectivity index (χ2v) is 8.05. The number of hydrogen-bond acceptors (Lipinski definition) is 7. The van der Waals surface area contributed by atoms with Gasteiger partial charge >= 0.3 is 0 Å². The summed E-state index contributed by atoms with van der Waals surface area (Å²) in [4.78, 5) is 22.4. The average molecular weight is 466 g/mol. The largest absolute Gasteiger partial charge is 0.475 e. The predicted octanol–water partition coefficient (Wildman–Crippen LogP) is 2.97. The molecule has 1 unspecified atom stereocenters. The van der Waals surface area contributed by atoms with Crippen molar-refractivity contribution in [2.24, 2.45) is 10.7 Å². The van der Waals surface area contributed by atoms with Crippen molar-refractivity contribution in [1.29, 1.82) is 0 Å². The minimum Gasteiger partial charge on any atom is -0.475 e. The maximum absolute atomic E-state index is 14.5. The quantitative estimate of drug-likeness (QED) is 0.443. The summed E-state index contributed by atoms with van der Waals surface area (Å²) in [6.45, 7) is 3.22. The first kappa shape index (κ1) is 23.2. The van der Waals surface area contributed by atoms with Crippen LogP contribution >= 0.6 is 0 Å². The van der Waals surface area contributed by atoms with Crippen LogP contribution in [0.1, 0.15) is 25.3 Å². The molecule has 3 heterocycles. The van der Waals surface area contributed by atoms with E-state index in [1.165, 1.54) is 18.3 Å². The third-order valence-corrected chi connectivity index (χ3v) is 5.76. The number of carbonyl (C=O) groups excluding carboxylic acids is 1. The van der Waals surface area contributed by atoms with E-state index in [2.05, 4.69) is 22.3 Å². The smallest absolute Gasteiger partial charge is 0.225 e. The first-order valence-corrected chi connectivity index (χ1v) is 11.2. The number of rotatable bonds is 5. The van der Waals surface area contributed by atoms with Crippen LogP contribution in [0.4, 0.5) is 10.1 Å². The lowest BCUT2D eigenvalue weighted by Gasteiger charge is -2.28. The molecule has 10 heteroatoms. The van der Waals surface area contributed by atoms with E-state index in [1.54, 1.807) is 35.1 Å². The molecule has 34 heavy (non-hydrogen) atoms. The van der Waals surface area contributed by atoms with Gasteiger partial charge in [-0.05, 0) is 30.2 Å². The maximum atomic E-state index is 14.5. The lowest BCUT2D eigenvalue weighted by molar-refractivity contribution is -0.120. The monoisotopic (exact) mass is 465 g/mol. The Kier molecular flexibility index (Phi) is 7.05. The molecule has 0 radical (unpaired) electrons. The number of amides is 1. The van der Waals surface area contributed by atoms with Gasteiger partial charge in [-0.1, -0.05) is 13.3 Å². The molecule has 178 valence electrons. The van der Waals surface area contributed by atoms with Crippen molar-refractivity contribution in [1.82, 2.24) is 19.5 Å². The minimum atomic E-state index is -0.386. The molecule has 0 spiro atoms. The molecular formula is C24H28FN7O2. The number of aromatic nitrogens is 3. The SMILES string of the molecule is CCCC1COc2nc3c(cnn3cc2C(C=NC)=CN)-c2cc(F)cc(c2)NCCN1C=O. The molecule has 9 nitrogen and oxygen atoms in total. The van der Waals surface area contributed by atoms with E-state index in [1.807, 2.05) is 6.07 Å². The maximum Gasteiger partial charge on any atom is 0.225 e. The first-order chi connectivity index (χ1) is 16.6. The van der Waals surface area contributed by atoms with Crippen LogP contribution in [-0.4, -0.2) is 64.9 Å². The molecule has 1 aliphatic heterocycles. The van der Waals surface area contributed by atoms with E-state index in [0.29, 0.717) is 52.6 Å². The van der Waals surface area contributed by atoms with Gasteiger partial charge in [-0.25, -0.2) is 8.91 Å². The number of hydrogen-bond donors (Lipinski definition) is 2. The van der Waals surface area contributed by atoms with E-state index >= 15 is 0 Å². The first-order valence-electron chi connectivity index (χ1n) is 11.2. The summed E-state index contributed by atoms with van der Waals surface area (Å²) in [5, 5.41) is 7.65. The topological polar surface area (TPSA) is 110 Å². The number of benzene rings is 1. The van der Waals surface area contributed by atoms with Crippen LogP contribution in [-0.2, 0) is 4.79 Å². The Morgan fingerprint density at radius 3 is 3.00 bits per heavy atom. The van der Waals surface area contributed by atoms with Crippen molar-refractivity contribution in [3.63, 3.8) is 0 Å². The van der Waals surface area contributed by atoms with E-state index < -0.39 is 0 Å². The summed E-state index contributed by atoms with van der Waals surface area (Å²) in [6, 6.07) is 4.55. The van der Waals surface area contributed by atoms with Crippen molar-refractivity contribution in [3.8, 4) is 17.0 Å². The normalized spacial score (nSPS) is 17.0. The van der Waals surface area contributed by atoms with Crippen LogP contribution in [0.2, 0.25) is 0 Å². The number of nitrogens with two attached hydrogens (primary N) is 1. The van der Waals surface area contributed by atoms with Gasteiger partial charge in [0.2, 0.25) is 12.3 Å². The molecule has 0 aliphatic carbocycles. The highest BCUT2D eigenvalue weighted by Crippen LogP contribution is 2.31. The van der Waals surface area contributed by atoms with E-state index in [4.69, 9.17) is 15.5 Å². The molecule has 4 rings (SSSR count). The van der Waals surface area contributed by atoms with Gasteiger partial charge in [-0.15, -0.1) is 0 Å². The summed E-state index contributed by atoms with van der Waals surface area (Å²) < 4.78 is 22.3. The Balaban J connectivity index is 1.91. The fourth-order valence-corrected chi connectivity index (χ4v) is 4.10. The summed E-state index contributed by atoms with van der Waals surface area (Å²) in [5.41, 5.74) is 9.50. The lowest BCUT2D eigenvalue weighted by Crippen LogP contribution is -2.41. The Labute approximate surface area is 197 Å². The number of nitrogens with zero attached hydrogens (tertiary/aromatic N) is 5. The van der Waals surface area contributed by atoms with Crippen LogP contribution in [0.15, 0.2) is 41.8 Å². The Morgan fingerprint density at radius 2 is 2.26 bits per heavy atom. The lowest BCUT2D eigenvalue weighted by atomic mass is 10.1. The van der Waals surface area contributed by atoms with E-state index in [0.717, 1.165) is 19.3 Å². The Hall–Kier alpha value is -3.95. The van der Waals surface area contributed by atoms with Crippen LogP contribution in [0.25, 0.3) is 22.3 Å². The molecular weight excluding hydrogens is 437 g/mol. The number of nitrogens with one attached hydrogen (secondary N) is 1. The number of fused-ring (bicyclic) bond motifs is 4. The molecule has 4 bridgehead atoms. The van der Waals surface area contributed by atoms with Gasteiger partial charge in [-0.3, -0.25) is 9.79 Å². The summed E-state index contributed by atoms with van der Waals surface area (Å²) >= 11 is 0. The molecule has 1 amide bonds. The van der Waals surface area contributed by atoms with Crippen molar-refractivity contribution < 1.29 is 13.9 Å². The van der Waals surface area contributed by atoms with Crippen molar-refractivity contribution >= 4 is 29.5 Å². The fourth-order valence-electron chi connectivity index (χ4n) is 4.10. The highest BCUT2D eigenvalue weighted by molar-refractivity contribution is 6.10. The van der Waals surface area contributed by atoms with Crippen molar-refractivity contribution in [3.05, 3.63) is 48.2 Å². The van der Waals surface area contributed by atoms with E-state index in [-0.39, 0.29) is 18.5 Å². The summed E-state index contributed by atoms with van der Waals surface area (Å²) in [7, 11) is 1.65. The van der Waals surface area contributed by atoms with Gasteiger partial charge in [0.15, 0.2) is 5.65 Å². The average Bonchev–Trinajstić information content (AvgIpc) is 3.25. The zero-order valence-corrected chi connectivity index (χ0v) is 19.2. The molecule has 2 aromatic heterocycles. The third kappa shape index (κ3) is 4.70. The highest BCUT2D eigenvalue weighted by atomic mass is 19.1. The van der Waals surface area contributed by atoms with Gasteiger partial charge in [0.25, 0.3) is 0 Å². The number of halogens is 1. The second kappa shape index (κ2) is 10.3. The minimum absolute atomic E-state index is 0.157.